The van der Waals surface area contributed by atoms with Gasteiger partial charge in [0.1, 0.15) is 4.90 Å². The van der Waals surface area contributed by atoms with Gasteiger partial charge in [-0.2, -0.15) is 12.4 Å². The van der Waals surface area contributed by atoms with E-state index in [0.29, 0.717) is 14.6 Å². The lowest BCUT2D eigenvalue weighted by molar-refractivity contribution is 0.583. The fourth-order valence-corrected chi connectivity index (χ4v) is 6.96. The molecule has 0 aliphatic rings. The first-order valence-electron chi connectivity index (χ1n) is 8.76. The average Bonchev–Trinajstić information content (AvgIpc) is 3.01. The molecule has 0 saturated carbocycles. The van der Waals surface area contributed by atoms with Crippen LogP contribution in [0.2, 0.25) is 0 Å². The van der Waals surface area contributed by atoms with Gasteiger partial charge in [-0.05, 0) is 59.0 Å². The van der Waals surface area contributed by atoms with Crippen molar-refractivity contribution in [1.29, 1.82) is 0 Å². The molecule has 4 rings (SSSR count). The van der Waals surface area contributed by atoms with Gasteiger partial charge in [-0.1, -0.05) is 42.5 Å². The zero-order chi connectivity index (χ0) is 21.5. The van der Waals surface area contributed by atoms with Gasteiger partial charge in [-0.3, -0.25) is 0 Å². The second-order valence-corrected chi connectivity index (χ2v) is 10.9. The van der Waals surface area contributed by atoms with E-state index < -0.39 is 20.0 Å². The highest BCUT2D eigenvalue weighted by Gasteiger charge is 2.26. The molecule has 1 heterocycles. The number of imidazole rings is 1. The van der Waals surface area contributed by atoms with Gasteiger partial charge in [-0.15, -0.1) is 4.40 Å². The topological polar surface area (TPSA) is 90.5 Å². The van der Waals surface area contributed by atoms with Crippen molar-refractivity contribution in [3.05, 3.63) is 88.1 Å². The van der Waals surface area contributed by atoms with Crippen molar-refractivity contribution in [1.82, 2.24) is 8.54 Å². The molecule has 0 aliphatic heterocycles. The number of benzene rings is 3. The quantitative estimate of drug-likeness (QED) is 0.364. The number of para-hydroxylation sites is 2. The maximum Gasteiger partial charge on any atom is 0.285 e. The Hall–Kier alpha value is -2.44. The fraction of sp³-hybridized carbons (Fsp3) is 0.0500. The summed E-state index contributed by atoms with van der Waals surface area (Å²) in [6.45, 7) is 0. The van der Waals surface area contributed by atoms with E-state index in [2.05, 4.69) is 4.40 Å². The summed E-state index contributed by atoms with van der Waals surface area (Å²) >= 11 is 1.94. The molecule has 0 fully saturated rings. The van der Waals surface area contributed by atoms with Crippen LogP contribution in [-0.2, 0) is 27.1 Å². The van der Waals surface area contributed by atoms with Crippen molar-refractivity contribution in [3.63, 3.8) is 0 Å². The first-order valence-corrected chi connectivity index (χ1v) is 12.7. The van der Waals surface area contributed by atoms with E-state index in [0.717, 1.165) is 3.97 Å². The Morgan fingerprint density at radius 2 is 1.33 bits per heavy atom. The summed E-state index contributed by atoms with van der Waals surface area (Å²) in [6.07, 6.45) is 0. The van der Waals surface area contributed by atoms with Gasteiger partial charge in [0, 0.05) is 10.6 Å². The van der Waals surface area contributed by atoms with Gasteiger partial charge in [0.05, 0.1) is 15.9 Å². The molecule has 154 valence electrons. The van der Waals surface area contributed by atoms with Crippen molar-refractivity contribution in [3.8, 4) is 0 Å². The van der Waals surface area contributed by atoms with Crippen molar-refractivity contribution in [2.45, 2.75) is 9.79 Å². The minimum absolute atomic E-state index is 0.0199. The lowest BCUT2D eigenvalue weighted by atomic mass is 10.3. The summed E-state index contributed by atoms with van der Waals surface area (Å²) in [6, 6.07) is 21.0. The van der Waals surface area contributed by atoms with Crippen molar-refractivity contribution in [2.24, 2.45) is 11.4 Å². The summed E-state index contributed by atoms with van der Waals surface area (Å²) in [7, 11) is -6.69. The summed E-state index contributed by atoms with van der Waals surface area (Å²) in [5.41, 5.74) is 0.662. The summed E-state index contributed by atoms with van der Waals surface area (Å²) in [4.78, 5) is 0.0500. The second-order valence-electron chi connectivity index (χ2n) is 6.43. The number of aromatic nitrogens is 2. The minimum atomic E-state index is -4.14. The van der Waals surface area contributed by atoms with Crippen LogP contribution in [-0.4, -0.2) is 25.4 Å². The maximum absolute atomic E-state index is 13.6. The van der Waals surface area contributed by atoms with E-state index in [1.807, 2.05) is 22.6 Å². The van der Waals surface area contributed by atoms with Crippen molar-refractivity contribution >= 4 is 53.7 Å². The van der Waals surface area contributed by atoms with Gasteiger partial charge in [0.2, 0.25) is 5.62 Å². The third kappa shape index (κ3) is 3.48. The summed E-state index contributed by atoms with van der Waals surface area (Å²) in [5, 5.41) is 0. The van der Waals surface area contributed by atoms with Gasteiger partial charge >= 0.3 is 0 Å². The lowest BCUT2D eigenvalue weighted by Gasteiger charge is -2.09. The summed E-state index contributed by atoms with van der Waals surface area (Å²) in [5.74, 6) is 0. The van der Waals surface area contributed by atoms with E-state index in [4.69, 9.17) is 0 Å². The van der Waals surface area contributed by atoms with E-state index in [-0.39, 0.29) is 15.4 Å². The Balaban J connectivity index is 2.13. The highest BCUT2D eigenvalue weighted by atomic mass is 127. The van der Waals surface area contributed by atoms with Gasteiger partial charge < -0.3 is 4.57 Å². The fourth-order valence-electron chi connectivity index (χ4n) is 3.11. The zero-order valence-electron chi connectivity index (χ0n) is 15.7. The van der Waals surface area contributed by atoms with Crippen molar-refractivity contribution < 1.29 is 16.8 Å². The monoisotopic (exact) mass is 553 g/mol. The molecular weight excluding hydrogens is 537 g/mol. The minimum Gasteiger partial charge on any atom is -0.312 e. The molecule has 0 amide bonds. The second kappa shape index (κ2) is 7.67. The molecule has 3 aromatic carbocycles. The number of halogens is 1. The van der Waals surface area contributed by atoms with Crippen LogP contribution in [0, 0.1) is 3.57 Å². The lowest BCUT2D eigenvalue weighted by Crippen LogP contribution is -2.31. The maximum atomic E-state index is 13.6. The predicted octanol–water partition coefficient (Wildman–Crippen LogP) is 3.11. The van der Waals surface area contributed by atoms with Crippen molar-refractivity contribution in [2.75, 3.05) is 0 Å². The Morgan fingerprint density at radius 1 is 0.767 bits per heavy atom. The Kier molecular flexibility index (Phi) is 5.32. The average molecular weight is 553 g/mol. The first kappa shape index (κ1) is 20.8. The van der Waals surface area contributed by atoms with Crippen LogP contribution in [0.4, 0.5) is 0 Å². The molecule has 0 radical (unpaired) electrons. The highest BCUT2D eigenvalue weighted by Crippen LogP contribution is 2.23. The molecule has 0 N–H and O–H groups in total. The number of hydrogen-bond acceptors (Lipinski definition) is 4. The molecule has 7 nitrogen and oxygen atoms in total. The number of hydrogen-bond donors (Lipinski definition) is 0. The van der Waals surface area contributed by atoms with Crippen LogP contribution in [0.15, 0.2) is 93.1 Å². The Labute approximate surface area is 187 Å². The largest absolute Gasteiger partial charge is 0.312 e. The molecule has 0 unspecified atom stereocenters. The molecule has 0 bridgehead atoms. The number of fused-ring (bicyclic) bond motifs is 1. The molecule has 0 aliphatic carbocycles. The molecular formula is C20H16IN3O4S2. The van der Waals surface area contributed by atoms with E-state index in [9.17, 15) is 16.8 Å². The van der Waals surface area contributed by atoms with Crippen LogP contribution >= 0.6 is 22.6 Å². The Bertz CT molecular complexity index is 1540. The number of rotatable bonds is 4. The molecule has 0 saturated heterocycles. The highest BCUT2D eigenvalue weighted by molar-refractivity contribution is 14.1. The standard InChI is InChI=1S/C20H16IN3O4S2/c1-23-17-12-6-7-13-18(17)24(30(27,28)19-14-8-5-11-16(19)21)20(23)22-29(25,26)15-9-3-2-4-10-15/h2-14H,1H3. The normalized spacial score (nSPS) is 13.1. The van der Waals surface area contributed by atoms with Gasteiger partial charge in [-0.25, -0.2) is 8.42 Å². The molecule has 0 spiro atoms. The van der Waals surface area contributed by atoms with Crippen LogP contribution in [0.3, 0.4) is 0 Å². The summed E-state index contributed by atoms with van der Waals surface area (Å²) < 4.78 is 60.0. The van der Waals surface area contributed by atoms with E-state index in [1.165, 1.54) is 22.8 Å². The number of nitrogens with zero attached hydrogens (tertiary/aromatic N) is 3. The third-order valence-corrected chi connectivity index (χ3v) is 8.87. The number of sulfonamides is 1. The van der Waals surface area contributed by atoms with Crippen LogP contribution in [0.1, 0.15) is 0 Å². The van der Waals surface area contributed by atoms with Crippen LogP contribution < -0.4 is 5.62 Å². The molecule has 1 aromatic heterocycles. The SMILES string of the molecule is Cn1c(=NS(=O)(=O)c2ccccc2)n(S(=O)(=O)c2ccccc2I)c2ccccc21. The zero-order valence-corrected chi connectivity index (χ0v) is 19.5. The molecule has 4 aromatic rings. The van der Waals surface area contributed by atoms with E-state index in [1.54, 1.807) is 67.7 Å². The molecule has 0 atom stereocenters. The van der Waals surface area contributed by atoms with Gasteiger partial charge in [0.25, 0.3) is 20.0 Å². The number of aryl methyl sites for hydroxylation is 1. The molecule has 30 heavy (non-hydrogen) atoms. The smallest absolute Gasteiger partial charge is 0.285 e. The third-order valence-electron chi connectivity index (χ3n) is 4.54. The first-order chi connectivity index (χ1) is 14.2. The predicted molar refractivity (Wildman–Crippen MR) is 122 cm³/mol. The Morgan fingerprint density at radius 3 is 2.00 bits per heavy atom. The van der Waals surface area contributed by atoms with Crippen LogP contribution in [0.5, 0.6) is 0 Å². The van der Waals surface area contributed by atoms with E-state index >= 15 is 0 Å². The van der Waals surface area contributed by atoms with Gasteiger partial charge in [0.15, 0.2) is 0 Å². The van der Waals surface area contributed by atoms with Crippen LogP contribution in [0.25, 0.3) is 11.0 Å². The molecule has 10 heteroatoms.